The van der Waals surface area contributed by atoms with Crippen LogP contribution in [0.3, 0.4) is 0 Å². The molecule has 0 amide bonds. The molecule has 0 aliphatic carbocycles. The van der Waals surface area contributed by atoms with Gasteiger partial charge in [0.1, 0.15) is 0 Å². The zero-order valence-electron chi connectivity index (χ0n) is 9.81. The zero-order chi connectivity index (χ0) is 12.3. The van der Waals surface area contributed by atoms with Crippen molar-refractivity contribution < 1.29 is 14.3 Å². The highest BCUT2D eigenvalue weighted by Crippen LogP contribution is 2.15. The van der Waals surface area contributed by atoms with Crippen molar-refractivity contribution in [2.45, 2.75) is 13.3 Å². The summed E-state index contributed by atoms with van der Waals surface area (Å²) in [5, 5.41) is 0. The lowest BCUT2D eigenvalue weighted by atomic mass is 10.1. The smallest absolute Gasteiger partial charge is 0.340 e. The van der Waals surface area contributed by atoms with Crippen molar-refractivity contribution in [1.29, 1.82) is 0 Å². The fourth-order valence-electron chi connectivity index (χ4n) is 1.74. The van der Waals surface area contributed by atoms with Gasteiger partial charge in [-0.1, -0.05) is 0 Å². The molecule has 5 nitrogen and oxygen atoms in total. The summed E-state index contributed by atoms with van der Waals surface area (Å²) in [6.45, 7) is 3.57. The van der Waals surface area contributed by atoms with Crippen LogP contribution in [0.25, 0.3) is 0 Å². The molecule has 0 radical (unpaired) electrons. The Balaban J connectivity index is 1.96. The van der Waals surface area contributed by atoms with Crippen molar-refractivity contribution in [3.8, 4) is 0 Å². The van der Waals surface area contributed by atoms with Gasteiger partial charge < -0.3 is 15.2 Å². The third-order valence-corrected chi connectivity index (χ3v) is 2.80. The third-order valence-electron chi connectivity index (χ3n) is 2.80. The minimum atomic E-state index is -0.366. The number of nitrogens with zero attached hydrogens (tertiary/aromatic N) is 1. The average molecular weight is 236 g/mol. The van der Waals surface area contributed by atoms with Gasteiger partial charge in [-0.15, -0.1) is 0 Å². The Labute approximate surface area is 99.9 Å². The van der Waals surface area contributed by atoms with Gasteiger partial charge in [-0.3, -0.25) is 4.98 Å². The summed E-state index contributed by atoms with van der Waals surface area (Å²) in [5.74, 6) is -0.0533. The van der Waals surface area contributed by atoms with Crippen molar-refractivity contribution in [3.05, 3.63) is 23.5 Å². The fourth-order valence-corrected chi connectivity index (χ4v) is 1.74. The number of pyridine rings is 1. The summed E-state index contributed by atoms with van der Waals surface area (Å²) >= 11 is 0. The maximum absolute atomic E-state index is 11.8. The Bertz CT molecular complexity index is 414. The highest BCUT2D eigenvalue weighted by molar-refractivity contribution is 5.91. The van der Waals surface area contributed by atoms with E-state index >= 15 is 0 Å². The standard InChI is InChI=1S/C12H16N2O3/c1-8-11(4-10(13)5-14-8)12(15)17-7-9-2-3-16-6-9/h4-5,9H,2-3,6-7,13H2,1H3. The van der Waals surface area contributed by atoms with E-state index < -0.39 is 0 Å². The quantitative estimate of drug-likeness (QED) is 0.797. The van der Waals surface area contributed by atoms with Crippen LogP contribution in [0.5, 0.6) is 0 Å². The van der Waals surface area contributed by atoms with Crippen molar-refractivity contribution in [2.75, 3.05) is 25.6 Å². The van der Waals surface area contributed by atoms with Crippen LogP contribution in [0.2, 0.25) is 0 Å². The molecule has 1 aromatic rings. The number of aromatic nitrogens is 1. The number of anilines is 1. The van der Waals surface area contributed by atoms with Crippen LogP contribution in [-0.4, -0.2) is 30.8 Å². The number of carbonyl (C=O) groups excluding carboxylic acids is 1. The van der Waals surface area contributed by atoms with Crippen molar-refractivity contribution in [1.82, 2.24) is 4.98 Å². The topological polar surface area (TPSA) is 74.4 Å². The van der Waals surface area contributed by atoms with Crippen LogP contribution in [0, 0.1) is 12.8 Å². The van der Waals surface area contributed by atoms with Crippen LogP contribution >= 0.6 is 0 Å². The molecule has 92 valence electrons. The van der Waals surface area contributed by atoms with E-state index in [1.165, 1.54) is 6.20 Å². The Morgan fingerprint density at radius 1 is 1.71 bits per heavy atom. The molecular formula is C12H16N2O3. The van der Waals surface area contributed by atoms with Gasteiger partial charge in [-0.25, -0.2) is 4.79 Å². The second-order valence-corrected chi connectivity index (χ2v) is 4.23. The number of nitrogens with two attached hydrogens (primary N) is 1. The molecule has 5 heteroatoms. The van der Waals surface area contributed by atoms with Crippen LogP contribution in [-0.2, 0) is 9.47 Å². The van der Waals surface area contributed by atoms with Crippen LogP contribution in [0.1, 0.15) is 22.5 Å². The third kappa shape index (κ3) is 2.94. The minimum absolute atomic E-state index is 0.313. The van der Waals surface area contributed by atoms with Gasteiger partial charge in [0.15, 0.2) is 0 Å². The molecule has 1 aromatic heterocycles. The molecule has 0 aromatic carbocycles. The Kier molecular flexibility index (Phi) is 3.58. The molecule has 1 unspecified atom stereocenters. The number of nitrogen functional groups attached to an aromatic ring is 1. The predicted octanol–water partition coefficient (Wildman–Crippen LogP) is 1.17. The largest absolute Gasteiger partial charge is 0.462 e. The molecule has 0 saturated carbocycles. The highest BCUT2D eigenvalue weighted by Gasteiger charge is 2.19. The van der Waals surface area contributed by atoms with E-state index in [2.05, 4.69) is 4.98 Å². The monoisotopic (exact) mass is 236 g/mol. The SMILES string of the molecule is Cc1ncc(N)cc1C(=O)OCC1CCOC1. The molecule has 0 bridgehead atoms. The summed E-state index contributed by atoms with van der Waals surface area (Å²) in [5.41, 5.74) is 7.12. The number of esters is 1. The number of hydrogen-bond donors (Lipinski definition) is 1. The number of aryl methyl sites for hydroxylation is 1. The first kappa shape index (κ1) is 11.9. The van der Waals surface area contributed by atoms with Crippen molar-refractivity contribution >= 4 is 11.7 Å². The van der Waals surface area contributed by atoms with E-state index in [9.17, 15) is 4.79 Å². The van der Waals surface area contributed by atoms with Gasteiger partial charge in [-0.05, 0) is 19.4 Å². The van der Waals surface area contributed by atoms with E-state index in [0.29, 0.717) is 36.1 Å². The lowest BCUT2D eigenvalue weighted by Gasteiger charge is -2.10. The first-order valence-corrected chi connectivity index (χ1v) is 5.64. The first-order chi connectivity index (χ1) is 8.16. The number of rotatable bonds is 3. The molecule has 2 N–H and O–H groups in total. The maximum atomic E-state index is 11.8. The summed E-state index contributed by atoms with van der Waals surface area (Å²) < 4.78 is 10.4. The molecule has 1 saturated heterocycles. The first-order valence-electron chi connectivity index (χ1n) is 5.64. The normalized spacial score (nSPS) is 19.2. The molecule has 2 rings (SSSR count). The molecule has 1 fully saturated rings. The van der Waals surface area contributed by atoms with E-state index in [1.54, 1.807) is 13.0 Å². The molecule has 0 spiro atoms. The number of carbonyl (C=O) groups is 1. The molecular weight excluding hydrogens is 220 g/mol. The molecule has 1 aliphatic heterocycles. The molecule has 17 heavy (non-hydrogen) atoms. The molecule has 1 aliphatic rings. The van der Waals surface area contributed by atoms with E-state index in [0.717, 1.165) is 13.0 Å². The average Bonchev–Trinajstić information content (AvgIpc) is 2.82. The number of hydrogen-bond acceptors (Lipinski definition) is 5. The van der Waals surface area contributed by atoms with E-state index in [-0.39, 0.29) is 5.97 Å². The van der Waals surface area contributed by atoms with Gasteiger partial charge >= 0.3 is 5.97 Å². The van der Waals surface area contributed by atoms with Crippen LogP contribution in [0.15, 0.2) is 12.3 Å². The Hall–Kier alpha value is -1.62. The lowest BCUT2D eigenvalue weighted by Crippen LogP contribution is -2.15. The van der Waals surface area contributed by atoms with Crippen LogP contribution in [0.4, 0.5) is 5.69 Å². The molecule has 1 atom stereocenters. The van der Waals surface area contributed by atoms with Gasteiger partial charge in [0.05, 0.1) is 36.4 Å². The summed E-state index contributed by atoms with van der Waals surface area (Å²) in [6.07, 6.45) is 2.47. The van der Waals surface area contributed by atoms with Crippen molar-refractivity contribution in [3.63, 3.8) is 0 Å². The van der Waals surface area contributed by atoms with Crippen LogP contribution < -0.4 is 5.73 Å². The second kappa shape index (κ2) is 5.14. The van der Waals surface area contributed by atoms with Gasteiger partial charge in [0.25, 0.3) is 0 Å². The maximum Gasteiger partial charge on any atom is 0.340 e. The van der Waals surface area contributed by atoms with E-state index in [1.807, 2.05) is 0 Å². The van der Waals surface area contributed by atoms with Gasteiger partial charge in [0, 0.05) is 12.5 Å². The van der Waals surface area contributed by atoms with Gasteiger partial charge in [-0.2, -0.15) is 0 Å². The lowest BCUT2D eigenvalue weighted by molar-refractivity contribution is 0.0427. The second-order valence-electron chi connectivity index (χ2n) is 4.23. The Morgan fingerprint density at radius 3 is 3.24 bits per heavy atom. The Morgan fingerprint density at radius 2 is 2.53 bits per heavy atom. The summed E-state index contributed by atoms with van der Waals surface area (Å²) in [7, 11) is 0. The van der Waals surface area contributed by atoms with Crippen molar-refractivity contribution in [2.24, 2.45) is 5.92 Å². The predicted molar refractivity (Wildman–Crippen MR) is 62.6 cm³/mol. The summed E-state index contributed by atoms with van der Waals surface area (Å²) in [6, 6.07) is 1.59. The van der Waals surface area contributed by atoms with E-state index in [4.69, 9.17) is 15.2 Å². The minimum Gasteiger partial charge on any atom is -0.462 e. The molecule has 2 heterocycles. The fraction of sp³-hybridized carbons (Fsp3) is 0.500. The summed E-state index contributed by atoms with van der Waals surface area (Å²) in [4.78, 5) is 15.8. The zero-order valence-corrected chi connectivity index (χ0v) is 9.81. The number of ether oxygens (including phenoxy) is 2. The highest BCUT2D eigenvalue weighted by atomic mass is 16.5. The van der Waals surface area contributed by atoms with Gasteiger partial charge in [0.2, 0.25) is 0 Å².